The van der Waals surface area contributed by atoms with Crippen molar-refractivity contribution in [2.75, 3.05) is 0 Å². The molecule has 0 amide bonds. The minimum atomic E-state index is -3.50. The Balaban J connectivity index is 1.71. The van der Waals surface area contributed by atoms with Crippen molar-refractivity contribution in [3.63, 3.8) is 0 Å². The fourth-order valence-corrected chi connectivity index (χ4v) is 3.64. The molecule has 0 fully saturated rings. The van der Waals surface area contributed by atoms with Crippen LogP contribution in [0.1, 0.15) is 17.0 Å². The molecule has 2 aromatic carbocycles. The van der Waals surface area contributed by atoms with Crippen LogP contribution in [0.2, 0.25) is 0 Å². The van der Waals surface area contributed by atoms with Crippen molar-refractivity contribution in [1.82, 2.24) is 14.3 Å². The fraction of sp³-hybridized carbons (Fsp3) is 0.235. The zero-order chi connectivity index (χ0) is 17.3. The SMILES string of the molecule is Cc1nc2cc(CNS(=O)(=O)Cc3ccc(F)cc3)ccc2n1C. The highest BCUT2D eigenvalue weighted by molar-refractivity contribution is 7.88. The van der Waals surface area contributed by atoms with Gasteiger partial charge in [0.1, 0.15) is 11.6 Å². The summed E-state index contributed by atoms with van der Waals surface area (Å²) < 4.78 is 41.7. The van der Waals surface area contributed by atoms with E-state index in [0.717, 1.165) is 22.4 Å². The third-order valence-corrected chi connectivity index (χ3v) is 5.23. The Bertz CT molecular complexity index is 979. The molecule has 0 saturated heterocycles. The summed E-state index contributed by atoms with van der Waals surface area (Å²) in [6, 6.07) is 11.1. The second-order valence-electron chi connectivity index (χ2n) is 5.75. The summed E-state index contributed by atoms with van der Waals surface area (Å²) in [6.45, 7) is 2.11. The Labute approximate surface area is 140 Å². The number of nitrogens with zero attached hydrogens (tertiary/aromatic N) is 2. The van der Waals surface area contributed by atoms with Crippen molar-refractivity contribution in [2.24, 2.45) is 7.05 Å². The van der Waals surface area contributed by atoms with Crippen LogP contribution >= 0.6 is 0 Å². The molecule has 24 heavy (non-hydrogen) atoms. The zero-order valence-corrected chi connectivity index (χ0v) is 14.3. The number of aryl methyl sites for hydroxylation is 2. The Morgan fingerprint density at radius 2 is 1.79 bits per heavy atom. The predicted molar refractivity (Wildman–Crippen MR) is 91.3 cm³/mol. The molecule has 0 radical (unpaired) electrons. The van der Waals surface area contributed by atoms with Crippen LogP contribution in [0.25, 0.3) is 11.0 Å². The number of imidazole rings is 1. The maximum Gasteiger partial charge on any atom is 0.216 e. The number of hydrogen-bond acceptors (Lipinski definition) is 3. The van der Waals surface area contributed by atoms with Crippen LogP contribution in [0.15, 0.2) is 42.5 Å². The molecule has 0 atom stereocenters. The van der Waals surface area contributed by atoms with Crippen molar-refractivity contribution in [3.05, 3.63) is 65.2 Å². The normalized spacial score (nSPS) is 12.0. The Morgan fingerprint density at radius 1 is 1.12 bits per heavy atom. The van der Waals surface area contributed by atoms with Gasteiger partial charge in [-0.15, -0.1) is 0 Å². The maximum absolute atomic E-state index is 12.9. The van der Waals surface area contributed by atoms with Gasteiger partial charge in [-0.3, -0.25) is 0 Å². The average Bonchev–Trinajstić information content (AvgIpc) is 2.82. The average molecular weight is 347 g/mol. The Hall–Kier alpha value is -2.25. The van der Waals surface area contributed by atoms with Gasteiger partial charge in [0.05, 0.1) is 16.8 Å². The summed E-state index contributed by atoms with van der Waals surface area (Å²) in [5.41, 5.74) is 3.22. The Kier molecular flexibility index (Phi) is 4.38. The molecule has 7 heteroatoms. The van der Waals surface area contributed by atoms with E-state index in [1.165, 1.54) is 24.3 Å². The fourth-order valence-electron chi connectivity index (χ4n) is 2.52. The number of fused-ring (bicyclic) bond motifs is 1. The number of aromatic nitrogens is 2. The molecular weight excluding hydrogens is 329 g/mol. The highest BCUT2D eigenvalue weighted by Crippen LogP contribution is 2.16. The number of sulfonamides is 1. The van der Waals surface area contributed by atoms with Crippen LogP contribution < -0.4 is 4.72 Å². The van der Waals surface area contributed by atoms with Crippen LogP contribution in [0.5, 0.6) is 0 Å². The van der Waals surface area contributed by atoms with E-state index in [1.807, 2.05) is 36.7 Å². The molecule has 0 bridgehead atoms. The largest absolute Gasteiger partial charge is 0.331 e. The molecular formula is C17H18FN3O2S. The van der Waals surface area contributed by atoms with Crippen molar-refractivity contribution in [3.8, 4) is 0 Å². The van der Waals surface area contributed by atoms with E-state index in [-0.39, 0.29) is 18.1 Å². The second-order valence-corrected chi connectivity index (χ2v) is 7.55. The number of benzene rings is 2. The van der Waals surface area contributed by atoms with Crippen LogP contribution in [-0.2, 0) is 29.4 Å². The van der Waals surface area contributed by atoms with Gasteiger partial charge in [0, 0.05) is 13.6 Å². The number of halogens is 1. The first-order valence-electron chi connectivity index (χ1n) is 7.48. The van der Waals surface area contributed by atoms with Crippen LogP contribution in [0, 0.1) is 12.7 Å². The molecule has 3 aromatic rings. The monoisotopic (exact) mass is 347 g/mol. The predicted octanol–water partition coefficient (Wildman–Crippen LogP) is 2.64. The van der Waals surface area contributed by atoms with Gasteiger partial charge in [0.2, 0.25) is 10.0 Å². The summed E-state index contributed by atoms with van der Waals surface area (Å²) in [5, 5.41) is 0. The first kappa shape index (κ1) is 16.6. The first-order chi connectivity index (χ1) is 11.3. The van der Waals surface area contributed by atoms with Gasteiger partial charge in [-0.25, -0.2) is 22.5 Å². The molecule has 0 spiro atoms. The lowest BCUT2D eigenvalue weighted by Gasteiger charge is -2.07. The Morgan fingerprint density at radius 3 is 2.50 bits per heavy atom. The van der Waals surface area contributed by atoms with Crippen LogP contribution in [0.3, 0.4) is 0 Å². The molecule has 0 aliphatic heterocycles. The van der Waals surface area contributed by atoms with Crippen molar-refractivity contribution < 1.29 is 12.8 Å². The van der Waals surface area contributed by atoms with E-state index in [4.69, 9.17) is 0 Å². The topological polar surface area (TPSA) is 64.0 Å². The van der Waals surface area contributed by atoms with Gasteiger partial charge in [-0.1, -0.05) is 18.2 Å². The van der Waals surface area contributed by atoms with E-state index in [2.05, 4.69) is 9.71 Å². The minimum absolute atomic E-state index is 0.182. The minimum Gasteiger partial charge on any atom is -0.331 e. The van der Waals surface area contributed by atoms with E-state index >= 15 is 0 Å². The molecule has 3 rings (SSSR count). The lowest BCUT2D eigenvalue weighted by Crippen LogP contribution is -2.24. The zero-order valence-electron chi connectivity index (χ0n) is 13.5. The summed E-state index contributed by atoms with van der Waals surface area (Å²) >= 11 is 0. The van der Waals surface area contributed by atoms with Crippen LogP contribution in [0.4, 0.5) is 4.39 Å². The van der Waals surface area contributed by atoms with Crippen molar-refractivity contribution in [2.45, 2.75) is 19.2 Å². The van der Waals surface area contributed by atoms with E-state index in [0.29, 0.717) is 5.56 Å². The molecule has 1 N–H and O–H groups in total. The summed E-state index contributed by atoms with van der Waals surface area (Å²) in [6.07, 6.45) is 0. The van der Waals surface area contributed by atoms with E-state index in [1.54, 1.807) is 0 Å². The number of hydrogen-bond donors (Lipinski definition) is 1. The molecule has 0 aliphatic carbocycles. The van der Waals surface area contributed by atoms with Crippen LogP contribution in [-0.4, -0.2) is 18.0 Å². The second kappa shape index (κ2) is 6.33. The quantitative estimate of drug-likeness (QED) is 0.772. The van der Waals surface area contributed by atoms with Gasteiger partial charge in [0.15, 0.2) is 0 Å². The van der Waals surface area contributed by atoms with Gasteiger partial charge >= 0.3 is 0 Å². The van der Waals surface area contributed by atoms with Gasteiger partial charge in [-0.2, -0.15) is 0 Å². The lowest BCUT2D eigenvalue weighted by atomic mass is 10.2. The highest BCUT2D eigenvalue weighted by atomic mass is 32.2. The van der Waals surface area contributed by atoms with Crippen molar-refractivity contribution >= 4 is 21.1 Å². The molecule has 0 saturated carbocycles. The summed E-state index contributed by atoms with van der Waals surface area (Å²) in [4.78, 5) is 4.44. The smallest absolute Gasteiger partial charge is 0.216 e. The summed E-state index contributed by atoms with van der Waals surface area (Å²) in [5.74, 6) is 0.334. The molecule has 0 unspecified atom stereocenters. The summed E-state index contributed by atoms with van der Waals surface area (Å²) in [7, 11) is -1.56. The van der Waals surface area contributed by atoms with Gasteiger partial charge in [0.25, 0.3) is 0 Å². The van der Waals surface area contributed by atoms with Gasteiger partial charge in [-0.05, 0) is 42.3 Å². The highest BCUT2D eigenvalue weighted by Gasteiger charge is 2.12. The third-order valence-electron chi connectivity index (χ3n) is 3.93. The standard InChI is InChI=1S/C17H18FN3O2S/c1-12-20-16-9-14(5-8-17(16)21(12)2)10-19-24(22,23)11-13-3-6-15(18)7-4-13/h3-9,19H,10-11H2,1-2H3. The number of rotatable bonds is 5. The molecule has 0 aliphatic rings. The van der Waals surface area contributed by atoms with E-state index < -0.39 is 10.0 Å². The number of nitrogens with one attached hydrogen (secondary N) is 1. The lowest BCUT2D eigenvalue weighted by molar-refractivity contribution is 0.580. The first-order valence-corrected chi connectivity index (χ1v) is 9.13. The van der Waals surface area contributed by atoms with Crippen molar-refractivity contribution in [1.29, 1.82) is 0 Å². The van der Waals surface area contributed by atoms with E-state index in [9.17, 15) is 12.8 Å². The molecule has 126 valence electrons. The molecule has 5 nitrogen and oxygen atoms in total. The maximum atomic E-state index is 12.9. The molecule has 1 aromatic heterocycles. The third kappa shape index (κ3) is 3.63. The van der Waals surface area contributed by atoms with Gasteiger partial charge < -0.3 is 4.57 Å². The molecule has 1 heterocycles.